The van der Waals surface area contributed by atoms with Crippen molar-refractivity contribution in [3.8, 4) is 6.07 Å². The van der Waals surface area contributed by atoms with Crippen molar-refractivity contribution < 1.29 is 4.39 Å². The highest BCUT2D eigenvalue weighted by atomic mass is 79.9. The Labute approximate surface area is 112 Å². The van der Waals surface area contributed by atoms with Crippen molar-refractivity contribution in [1.29, 1.82) is 5.26 Å². The van der Waals surface area contributed by atoms with Gasteiger partial charge < -0.3 is 5.32 Å². The van der Waals surface area contributed by atoms with Crippen LogP contribution >= 0.6 is 15.9 Å². The van der Waals surface area contributed by atoms with E-state index in [4.69, 9.17) is 5.26 Å². The quantitative estimate of drug-likeness (QED) is 0.926. The Hall–Kier alpha value is -1.87. The first-order chi connectivity index (χ1) is 8.52. The summed E-state index contributed by atoms with van der Waals surface area (Å²) < 4.78 is 15.9. The van der Waals surface area contributed by atoms with Gasteiger partial charge in [-0.05, 0) is 25.1 Å². The van der Waals surface area contributed by atoms with Crippen LogP contribution in [-0.2, 0) is 7.05 Å². The van der Waals surface area contributed by atoms with Gasteiger partial charge in [-0.2, -0.15) is 10.4 Å². The number of benzene rings is 1. The van der Waals surface area contributed by atoms with Crippen LogP contribution in [0.15, 0.2) is 22.7 Å². The molecular formula is C12H10BrFN4. The average Bonchev–Trinajstić information content (AvgIpc) is 2.57. The Morgan fingerprint density at radius 3 is 2.83 bits per heavy atom. The second-order valence-electron chi connectivity index (χ2n) is 3.79. The highest BCUT2D eigenvalue weighted by Crippen LogP contribution is 2.26. The van der Waals surface area contributed by atoms with Gasteiger partial charge in [0.2, 0.25) is 0 Å². The molecule has 0 atom stereocenters. The lowest BCUT2D eigenvalue weighted by Gasteiger charge is -2.08. The van der Waals surface area contributed by atoms with Gasteiger partial charge >= 0.3 is 0 Å². The summed E-state index contributed by atoms with van der Waals surface area (Å²) in [6.07, 6.45) is 0. The van der Waals surface area contributed by atoms with Crippen LogP contribution in [0.4, 0.5) is 15.9 Å². The molecule has 1 heterocycles. The van der Waals surface area contributed by atoms with Gasteiger partial charge in [0.25, 0.3) is 0 Å². The molecule has 0 bridgehead atoms. The van der Waals surface area contributed by atoms with E-state index in [0.717, 1.165) is 0 Å². The molecule has 0 saturated heterocycles. The molecule has 1 N–H and O–H groups in total. The largest absolute Gasteiger partial charge is 0.337 e. The van der Waals surface area contributed by atoms with E-state index in [-0.39, 0.29) is 0 Å². The van der Waals surface area contributed by atoms with E-state index in [0.29, 0.717) is 27.2 Å². The number of nitrogens with one attached hydrogen (secondary N) is 1. The van der Waals surface area contributed by atoms with Gasteiger partial charge in [0.15, 0.2) is 0 Å². The van der Waals surface area contributed by atoms with E-state index >= 15 is 0 Å². The number of halogens is 2. The molecule has 0 saturated carbocycles. The van der Waals surface area contributed by atoms with E-state index in [2.05, 4.69) is 32.4 Å². The first-order valence-corrected chi connectivity index (χ1v) is 5.98. The lowest BCUT2D eigenvalue weighted by atomic mass is 10.2. The maximum absolute atomic E-state index is 13.7. The summed E-state index contributed by atoms with van der Waals surface area (Å²) in [6, 6.07) is 6.74. The Bertz CT molecular complexity index is 642. The lowest BCUT2D eigenvalue weighted by molar-refractivity contribution is 0.630. The van der Waals surface area contributed by atoms with Crippen LogP contribution in [-0.4, -0.2) is 9.78 Å². The fraction of sp³-hybridized carbons (Fsp3) is 0.167. The number of anilines is 2. The summed E-state index contributed by atoms with van der Waals surface area (Å²) in [5.74, 6) is 0.0864. The second-order valence-corrected chi connectivity index (χ2v) is 4.71. The maximum Gasteiger partial charge on any atom is 0.147 e. The minimum atomic E-state index is -0.396. The van der Waals surface area contributed by atoms with Crippen LogP contribution < -0.4 is 5.32 Å². The molecule has 0 spiro atoms. The third-order valence-corrected chi connectivity index (χ3v) is 3.01. The number of aryl methyl sites for hydroxylation is 2. The SMILES string of the molecule is Cc1nn(C)c(Nc2ccc(Br)cc2F)c1C#N. The topological polar surface area (TPSA) is 53.6 Å². The number of hydrogen-bond acceptors (Lipinski definition) is 3. The van der Waals surface area contributed by atoms with Crippen molar-refractivity contribution >= 4 is 27.4 Å². The van der Waals surface area contributed by atoms with Crippen molar-refractivity contribution in [2.75, 3.05) is 5.32 Å². The number of rotatable bonds is 2. The Morgan fingerprint density at radius 1 is 1.50 bits per heavy atom. The monoisotopic (exact) mass is 308 g/mol. The van der Waals surface area contributed by atoms with Crippen LogP contribution in [0, 0.1) is 24.1 Å². The first kappa shape index (κ1) is 12.6. The summed E-state index contributed by atoms with van der Waals surface area (Å²) >= 11 is 3.19. The van der Waals surface area contributed by atoms with E-state index in [1.165, 1.54) is 10.7 Å². The fourth-order valence-electron chi connectivity index (χ4n) is 1.65. The Morgan fingerprint density at radius 2 is 2.22 bits per heavy atom. The van der Waals surface area contributed by atoms with Crippen molar-refractivity contribution in [3.05, 3.63) is 39.7 Å². The molecule has 2 rings (SSSR count). The summed E-state index contributed by atoms with van der Waals surface area (Å²) in [4.78, 5) is 0. The average molecular weight is 309 g/mol. The van der Waals surface area contributed by atoms with Gasteiger partial charge in [0.05, 0.1) is 11.4 Å². The predicted octanol–water partition coefficient (Wildman–Crippen LogP) is 3.25. The van der Waals surface area contributed by atoms with Gasteiger partial charge in [-0.15, -0.1) is 0 Å². The van der Waals surface area contributed by atoms with Gasteiger partial charge in [-0.3, -0.25) is 4.68 Å². The molecule has 0 aliphatic heterocycles. The maximum atomic E-state index is 13.7. The molecular weight excluding hydrogens is 299 g/mol. The molecule has 4 nitrogen and oxygen atoms in total. The smallest absolute Gasteiger partial charge is 0.147 e. The van der Waals surface area contributed by atoms with Gasteiger partial charge in [0, 0.05) is 11.5 Å². The van der Waals surface area contributed by atoms with Gasteiger partial charge in [0.1, 0.15) is 23.3 Å². The zero-order valence-electron chi connectivity index (χ0n) is 9.83. The third kappa shape index (κ3) is 2.22. The van der Waals surface area contributed by atoms with E-state index < -0.39 is 5.82 Å². The number of nitrogens with zero attached hydrogens (tertiary/aromatic N) is 3. The van der Waals surface area contributed by atoms with E-state index in [9.17, 15) is 4.39 Å². The molecule has 0 unspecified atom stereocenters. The molecule has 0 aliphatic carbocycles. The minimum absolute atomic E-state index is 0.303. The molecule has 0 radical (unpaired) electrons. The summed E-state index contributed by atoms with van der Waals surface area (Å²) in [7, 11) is 1.70. The summed E-state index contributed by atoms with van der Waals surface area (Å²) in [5.41, 5.74) is 1.33. The Balaban J connectivity index is 2.43. The van der Waals surface area contributed by atoms with Crippen molar-refractivity contribution in [1.82, 2.24) is 9.78 Å². The zero-order valence-corrected chi connectivity index (χ0v) is 11.4. The zero-order chi connectivity index (χ0) is 13.3. The third-order valence-electron chi connectivity index (χ3n) is 2.52. The van der Waals surface area contributed by atoms with E-state index in [1.807, 2.05) is 0 Å². The van der Waals surface area contributed by atoms with Gasteiger partial charge in [-0.25, -0.2) is 4.39 Å². The molecule has 92 valence electrons. The van der Waals surface area contributed by atoms with Crippen LogP contribution in [0.3, 0.4) is 0 Å². The standard InChI is InChI=1S/C12H10BrFN4/c1-7-9(6-15)12(18(2)17-7)16-11-4-3-8(13)5-10(11)14/h3-5,16H,1-2H3. The fourth-order valence-corrected chi connectivity index (χ4v) is 1.99. The highest BCUT2D eigenvalue weighted by Gasteiger charge is 2.14. The summed E-state index contributed by atoms with van der Waals surface area (Å²) in [6.45, 7) is 1.74. The minimum Gasteiger partial charge on any atom is -0.337 e. The molecule has 0 amide bonds. The normalized spacial score (nSPS) is 10.2. The molecule has 1 aromatic carbocycles. The Kier molecular flexibility index (Phi) is 3.34. The molecule has 1 aromatic heterocycles. The van der Waals surface area contributed by atoms with Crippen molar-refractivity contribution in [2.45, 2.75) is 6.92 Å². The molecule has 0 fully saturated rings. The van der Waals surface area contributed by atoms with Crippen molar-refractivity contribution in [3.63, 3.8) is 0 Å². The van der Waals surface area contributed by atoms with Gasteiger partial charge in [-0.1, -0.05) is 15.9 Å². The number of nitriles is 1. The van der Waals surface area contributed by atoms with Crippen molar-refractivity contribution in [2.24, 2.45) is 7.05 Å². The van der Waals surface area contributed by atoms with Crippen LogP contribution in [0.5, 0.6) is 0 Å². The molecule has 0 aliphatic rings. The number of hydrogen-bond donors (Lipinski definition) is 1. The predicted molar refractivity (Wildman–Crippen MR) is 70.0 cm³/mol. The van der Waals surface area contributed by atoms with Crippen LogP contribution in [0.1, 0.15) is 11.3 Å². The second kappa shape index (κ2) is 4.78. The lowest BCUT2D eigenvalue weighted by Crippen LogP contribution is -2.02. The van der Waals surface area contributed by atoms with Crippen LogP contribution in [0.2, 0.25) is 0 Å². The number of aromatic nitrogens is 2. The molecule has 18 heavy (non-hydrogen) atoms. The highest BCUT2D eigenvalue weighted by molar-refractivity contribution is 9.10. The van der Waals surface area contributed by atoms with Crippen LogP contribution in [0.25, 0.3) is 0 Å². The molecule has 2 aromatic rings. The van der Waals surface area contributed by atoms with E-state index in [1.54, 1.807) is 26.1 Å². The molecule has 6 heteroatoms. The summed E-state index contributed by atoms with van der Waals surface area (Å²) in [5, 5.41) is 16.1. The first-order valence-electron chi connectivity index (χ1n) is 5.18.